The molecule has 1 aliphatic rings. The number of nitrogens with two attached hydrogens (primary N) is 2. The Morgan fingerprint density at radius 3 is 1.29 bits per heavy atom. The molecule has 0 saturated heterocycles. The molecule has 0 heterocycles. The lowest BCUT2D eigenvalue weighted by Gasteiger charge is -2.45. The SMILES string of the molecule is CCCCCCCCC(c1ccc(C(CCCCC)(c2ccc(C(CCCCCCCC)c3ccc(N)cc3C)cc2)C2CCCCC2)cc1)c1ccc(N)cc1C. The van der Waals surface area contributed by atoms with Gasteiger partial charge in [-0.15, -0.1) is 0 Å². The van der Waals surface area contributed by atoms with Crippen LogP contribution in [0.15, 0.2) is 84.9 Å². The molecule has 2 unspecified atom stereocenters. The number of benzene rings is 4. The van der Waals surface area contributed by atoms with E-state index in [1.165, 1.54) is 192 Å². The van der Waals surface area contributed by atoms with Crippen LogP contribution in [0.1, 0.15) is 225 Å². The van der Waals surface area contributed by atoms with E-state index in [2.05, 4.69) is 120 Å². The van der Waals surface area contributed by atoms with E-state index in [1.807, 2.05) is 0 Å². The summed E-state index contributed by atoms with van der Waals surface area (Å²) in [7, 11) is 0. The molecule has 2 nitrogen and oxygen atoms in total. The van der Waals surface area contributed by atoms with Gasteiger partial charge in [-0.05, 0) is 121 Å². The first-order valence-electron chi connectivity index (χ1n) is 24.2. The van der Waals surface area contributed by atoms with Crippen LogP contribution in [0.3, 0.4) is 0 Å². The maximum Gasteiger partial charge on any atom is 0.0316 e. The fourth-order valence-corrected chi connectivity index (χ4v) is 10.8. The van der Waals surface area contributed by atoms with Crippen LogP contribution in [0.2, 0.25) is 0 Å². The molecule has 4 N–H and O–H groups in total. The zero-order valence-corrected chi connectivity index (χ0v) is 37.7. The summed E-state index contributed by atoms with van der Waals surface area (Å²) in [5.41, 5.74) is 25.8. The molecule has 2 heteroatoms. The van der Waals surface area contributed by atoms with Gasteiger partial charge in [0.05, 0.1) is 0 Å². The standard InChI is InChI=1S/C56H82N2/c1-6-9-12-14-16-21-26-54(52-38-36-50(57)41-43(52)4)45-28-32-48(33-29-45)56(40-23-11-8-3,47-24-19-18-20-25-47)49-34-30-46(31-35-49)55(27-22-17-15-13-10-7-2)53-39-37-51(58)42-44(53)5/h28-39,41-42,47,54-55H,6-27,40,57-58H2,1-5H3. The highest BCUT2D eigenvalue weighted by Crippen LogP contribution is 2.50. The summed E-state index contributed by atoms with van der Waals surface area (Å²) in [4.78, 5) is 0. The van der Waals surface area contributed by atoms with Gasteiger partial charge in [0.2, 0.25) is 0 Å². The normalized spacial score (nSPS) is 15.6. The summed E-state index contributed by atoms with van der Waals surface area (Å²) in [6.07, 6.45) is 30.0. The van der Waals surface area contributed by atoms with Gasteiger partial charge in [0.25, 0.3) is 0 Å². The second-order valence-corrected chi connectivity index (χ2v) is 18.5. The van der Waals surface area contributed by atoms with E-state index < -0.39 is 0 Å². The van der Waals surface area contributed by atoms with E-state index in [4.69, 9.17) is 11.5 Å². The van der Waals surface area contributed by atoms with Crippen LogP contribution in [0.5, 0.6) is 0 Å². The van der Waals surface area contributed by atoms with Crippen LogP contribution < -0.4 is 11.5 Å². The molecule has 1 aliphatic carbocycles. The average Bonchev–Trinajstić information content (AvgIpc) is 3.23. The molecule has 4 aromatic carbocycles. The summed E-state index contributed by atoms with van der Waals surface area (Å²) >= 11 is 0. The molecular weight excluding hydrogens is 701 g/mol. The minimum atomic E-state index is 0.0183. The molecule has 1 saturated carbocycles. The molecule has 2 atom stereocenters. The zero-order chi connectivity index (χ0) is 41.2. The van der Waals surface area contributed by atoms with Crippen molar-refractivity contribution in [1.82, 2.24) is 0 Å². The van der Waals surface area contributed by atoms with E-state index >= 15 is 0 Å². The van der Waals surface area contributed by atoms with Gasteiger partial charge in [-0.25, -0.2) is 0 Å². The largest absolute Gasteiger partial charge is 0.399 e. The maximum absolute atomic E-state index is 6.28. The van der Waals surface area contributed by atoms with Crippen LogP contribution in [0.25, 0.3) is 0 Å². The predicted octanol–water partition coefficient (Wildman–Crippen LogP) is 16.7. The third-order valence-electron chi connectivity index (χ3n) is 14.2. The molecule has 0 radical (unpaired) electrons. The quantitative estimate of drug-likeness (QED) is 0.0520. The Kier molecular flexibility index (Phi) is 18.8. The van der Waals surface area contributed by atoms with Crippen LogP contribution >= 0.6 is 0 Å². The first-order valence-corrected chi connectivity index (χ1v) is 24.2. The van der Waals surface area contributed by atoms with Gasteiger partial charge in [0.15, 0.2) is 0 Å². The van der Waals surface area contributed by atoms with Crippen molar-refractivity contribution in [3.05, 3.63) is 129 Å². The number of hydrogen-bond donors (Lipinski definition) is 2. The smallest absolute Gasteiger partial charge is 0.0316 e. The fourth-order valence-electron chi connectivity index (χ4n) is 10.8. The molecule has 58 heavy (non-hydrogen) atoms. The Balaban J connectivity index is 1.52. The van der Waals surface area contributed by atoms with Gasteiger partial charge in [-0.1, -0.05) is 197 Å². The minimum Gasteiger partial charge on any atom is -0.399 e. The van der Waals surface area contributed by atoms with Gasteiger partial charge in [-0.3, -0.25) is 0 Å². The van der Waals surface area contributed by atoms with E-state index in [1.54, 1.807) is 0 Å². The van der Waals surface area contributed by atoms with Crippen LogP contribution in [0, 0.1) is 19.8 Å². The van der Waals surface area contributed by atoms with Gasteiger partial charge in [0.1, 0.15) is 0 Å². The first kappa shape index (κ1) is 45.6. The number of rotatable bonds is 25. The van der Waals surface area contributed by atoms with Crippen molar-refractivity contribution in [1.29, 1.82) is 0 Å². The van der Waals surface area contributed by atoms with Crippen molar-refractivity contribution < 1.29 is 0 Å². The Morgan fingerprint density at radius 1 is 0.483 bits per heavy atom. The summed E-state index contributed by atoms with van der Waals surface area (Å²) in [6, 6.07) is 33.6. The summed E-state index contributed by atoms with van der Waals surface area (Å²) in [5.74, 6) is 1.45. The maximum atomic E-state index is 6.28. The van der Waals surface area contributed by atoms with Crippen molar-refractivity contribution >= 4 is 11.4 Å². The van der Waals surface area contributed by atoms with Gasteiger partial charge >= 0.3 is 0 Å². The van der Waals surface area contributed by atoms with Crippen molar-refractivity contribution in [3.8, 4) is 0 Å². The zero-order valence-electron chi connectivity index (χ0n) is 37.7. The highest BCUT2D eigenvalue weighted by Gasteiger charge is 2.42. The summed E-state index contributed by atoms with van der Waals surface area (Å²) < 4.78 is 0. The molecule has 0 amide bonds. The molecule has 5 rings (SSSR count). The van der Waals surface area contributed by atoms with Crippen molar-refractivity contribution in [3.63, 3.8) is 0 Å². The van der Waals surface area contributed by atoms with E-state index in [-0.39, 0.29) is 5.41 Å². The molecule has 0 aliphatic heterocycles. The number of aryl methyl sites for hydroxylation is 2. The van der Waals surface area contributed by atoms with Crippen LogP contribution in [-0.2, 0) is 5.41 Å². The number of nitrogen functional groups attached to an aromatic ring is 2. The van der Waals surface area contributed by atoms with Crippen molar-refractivity contribution in [2.24, 2.45) is 5.92 Å². The van der Waals surface area contributed by atoms with Gasteiger partial charge in [-0.2, -0.15) is 0 Å². The Labute approximate surface area is 356 Å². The Bertz CT molecular complexity index is 1630. The minimum absolute atomic E-state index is 0.0183. The van der Waals surface area contributed by atoms with E-state index in [9.17, 15) is 0 Å². The third kappa shape index (κ3) is 12.3. The molecule has 1 fully saturated rings. The van der Waals surface area contributed by atoms with E-state index in [0.29, 0.717) is 17.8 Å². The lowest BCUT2D eigenvalue weighted by atomic mass is 9.59. The highest BCUT2D eigenvalue weighted by molar-refractivity contribution is 5.51. The van der Waals surface area contributed by atoms with Crippen molar-refractivity contribution in [2.75, 3.05) is 11.5 Å². The predicted molar refractivity (Wildman–Crippen MR) is 255 cm³/mol. The number of anilines is 2. The second kappa shape index (κ2) is 23.9. The molecule has 0 spiro atoms. The molecule has 0 bridgehead atoms. The molecule has 0 aromatic heterocycles. The monoisotopic (exact) mass is 783 g/mol. The third-order valence-corrected chi connectivity index (χ3v) is 14.2. The second-order valence-electron chi connectivity index (χ2n) is 18.5. The fraction of sp³-hybridized carbons (Fsp3) is 0.571. The lowest BCUT2D eigenvalue weighted by molar-refractivity contribution is 0.221. The van der Waals surface area contributed by atoms with Crippen LogP contribution in [0.4, 0.5) is 11.4 Å². The first-order chi connectivity index (χ1) is 28.3. The number of unbranched alkanes of at least 4 members (excludes halogenated alkanes) is 12. The highest BCUT2D eigenvalue weighted by atomic mass is 14.5. The molecule has 4 aromatic rings. The number of hydrogen-bond acceptors (Lipinski definition) is 2. The van der Waals surface area contributed by atoms with Gasteiger partial charge in [0, 0.05) is 28.6 Å². The van der Waals surface area contributed by atoms with Crippen molar-refractivity contribution in [2.45, 2.75) is 200 Å². The topological polar surface area (TPSA) is 52.0 Å². The molecular formula is C56H82N2. The average molecular weight is 783 g/mol. The summed E-state index contributed by atoms with van der Waals surface area (Å²) in [6.45, 7) is 11.5. The van der Waals surface area contributed by atoms with E-state index in [0.717, 1.165) is 11.4 Å². The lowest BCUT2D eigenvalue weighted by Crippen LogP contribution is -2.38. The molecule has 316 valence electrons. The van der Waals surface area contributed by atoms with Gasteiger partial charge < -0.3 is 11.5 Å². The summed E-state index contributed by atoms with van der Waals surface area (Å²) in [5, 5.41) is 0. The Hall–Kier alpha value is -3.52. The Morgan fingerprint density at radius 2 is 0.879 bits per heavy atom. The van der Waals surface area contributed by atoms with Crippen LogP contribution in [-0.4, -0.2) is 0 Å².